The van der Waals surface area contributed by atoms with Crippen molar-refractivity contribution >= 4 is 45.6 Å². The second-order valence-corrected chi connectivity index (χ2v) is 8.96. The number of carbonyl (C=O) groups excluding carboxylic acids is 1. The van der Waals surface area contributed by atoms with Gasteiger partial charge in [0, 0.05) is 30.8 Å². The van der Waals surface area contributed by atoms with Crippen LogP contribution in [0.5, 0.6) is 5.75 Å². The van der Waals surface area contributed by atoms with Gasteiger partial charge in [-0.15, -0.1) is 0 Å². The average molecular weight is 532 g/mol. The summed E-state index contributed by atoms with van der Waals surface area (Å²) in [7, 11) is 1.54. The van der Waals surface area contributed by atoms with Crippen molar-refractivity contribution in [2.45, 2.75) is 19.3 Å². The van der Waals surface area contributed by atoms with Crippen molar-refractivity contribution in [1.29, 1.82) is 0 Å². The van der Waals surface area contributed by atoms with Gasteiger partial charge in [-0.3, -0.25) is 9.69 Å². The average Bonchev–Trinajstić information content (AvgIpc) is 2.90. The molecule has 37 heavy (non-hydrogen) atoms. The topological polar surface area (TPSA) is 88.6 Å². The van der Waals surface area contributed by atoms with Gasteiger partial charge < -0.3 is 20.1 Å². The predicted octanol–water partition coefficient (Wildman–Crippen LogP) is 5.47. The maximum atomic E-state index is 14.7. The van der Waals surface area contributed by atoms with Crippen LogP contribution >= 0.6 is 11.6 Å². The third-order valence-electron chi connectivity index (χ3n) is 5.91. The zero-order valence-corrected chi connectivity index (χ0v) is 21.2. The molecule has 0 saturated carbocycles. The number of halogens is 3. The van der Waals surface area contributed by atoms with Crippen LogP contribution in [0.4, 0.5) is 26.0 Å². The number of nitrogens with zero attached hydrogens (tertiary/aromatic N) is 3. The maximum absolute atomic E-state index is 14.7. The zero-order chi connectivity index (χ0) is 26.2. The summed E-state index contributed by atoms with van der Waals surface area (Å²) in [6.07, 6.45) is 5.97. The first-order valence-corrected chi connectivity index (χ1v) is 12.3. The molecule has 0 atom stereocenters. The predicted molar refractivity (Wildman–Crippen MR) is 140 cm³/mol. The van der Waals surface area contributed by atoms with Crippen molar-refractivity contribution < 1.29 is 23.0 Å². The number of hydrogen-bond acceptors (Lipinski definition) is 7. The van der Waals surface area contributed by atoms with E-state index in [1.165, 1.54) is 37.0 Å². The van der Waals surface area contributed by atoms with Gasteiger partial charge in [0.15, 0.2) is 5.83 Å². The van der Waals surface area contributed by atoms with Crippen LogP contribution in [-0.2, 0) is 9.53 Å². The van der Waals surface area contributed by atoms with Crippen molar-refractivity contribution in [3.63, 3.8) is 0 Å². The molecule has 1 saturated heterocycles. The summed E-state index contributed by atoms with van der Waals surface area (Å²) in [6.45, 7) is 2.68. The minimum absolute atomic E-state index is 0.0445. The number of fused-ring (bicyclic) bond motifs is 1. The number of ether oxygens (including phenoxy) is 2. The molecule has 8 nitrogen and oxygen atoms in total. The Balaban J connectivity index is 1.61. The van der Waals surface area contributed by atoms with Crippen molar-refractivity contribution in [2.24, 2.45) is 0 Å². The summed E-state index contributed by atoms with van der Waals surface area (Å²) in [5.41, 5.74) is 1.26. The molecule has 2 heterocycles. The van der Waals surface area contributed by atoms with Gasteiger partial charge in [0.1, 0.15) is 30.3 Å². The lowest BCUT2D eigenvalue weighted by Gasteiger charge is -2.24. The normalized spacial score (nSPS) is 14.5. The van der Waals surface area contributed by atoms with E-state index in [9.17, 15) is 13.6 Å². The Morgan fingerprint density at radius 1 is 1.16 bits per heavy atom. The molecular formula is C26H28ClF2N5O3. The van der Waals surface area contributed by atoms with E-state index < -0.39 is 17.6 Å². The van der Waals surface area contributed by atoms with Crippen molar-refractivity contribution in [3.8, 4) is 5.75 Å². The maximum Gasteiger partial charge on any atom is 0.284 e. The lowest BCUT2D eigenvalue weighted by atomic mass is 10.1. The molecule has 3 aromatic rings. The van der Waals surface area contributed by atoms with Crippen LogP contribution in [-0.4, -0.2) is 60.7 Å². The number of amides is 1. The molecule has 0 unspecified atom stereocenters. The number of methoxy groups -OCH3 is 1. The van der Waals surface area contributed by atoms with E-state index >= 15 is 0 Å². The Morgan fingerprint density at radius 3 is 2.73 bits per heavy atom. The van der Waals surface area contributed by atoms with Gasteiger partial charge in [-0.1, -0.05) is 18.0 Å². The van der Waals surface area contributed by atoms with Crippen molar-refractivity contribution in [2.75, 3.05) is 50.6 Å². The van der Waals surface area contributed by atoms with Gasteiger partial charge in [-0.05, 0) is 56.3 Å². The Labute approximate surface area is 218 Å². The summed E-state index contributed by atoms with van der Waals surface area (Å²) in [5, 5.41) is 6.16. The minimum atomic E-state index is -0.885. The molecule has 1 fully saturated rings. The first kappa shape index (κ1) is 26.7. The summed E-state index contributed by atoms with van der Waals surface area (Å²) in [6, 6.07) is 7.41. The molecule has 0 spiro atoms. The molecule has 1 aliphatic heterocycles. The van der Waals surface area contributed by atoms with Crippen LogP contribution < -0.4 is 15.4 Å². The lowest BCUT2D eigenvalue weighted by Crippen LogP contribution is -2.30. The smallest absolute Gasteiger partial charge is 0.284 e. The van der Waals surface area contributed by atoms with Crippen LogP contribution in [0, 0.1) is 5.82 Å². The molecule has 0 aliphatic carbocycles. The Kier molecular flexibility index (Phi) is 9.21. The van der Waals surface area contributed by atoms with Crippen LogP contribution in [0.1, 0.15) is 19.3 Å². The highest BCUT2D eigenvalue weighted by Crippen LogP contribution is 2.34. The molecule has 0 radical (unpaired) electrons. The van der Waals surface area contributed by atoms with E-state index in [4.69, 9.17) is 21.1 Å². The van der Waals surface area contributed by atoms with E-state index in [0.29, 0.717) is 41.3 Å². The fraction of sp³-hybridized carbons (Fsp3) is 0.346. The second kappa shape index (κ2) is 12.8. The number of hydrogen-bond donors (Lipinski definition) is 2. The monoisotopic (exact) mass is 531 g/mol. The number of likely N-dealkylation sites (tertiary alicyclic amines) is 1. The largest absolute Gasteiger partial charge is 0.489 e. The number of anilines is 3. The fourth-order valence-corrected chi connectivity index (χ4v) is 4.15. The Morgan fingerprint density at radius 2 is 1.97 bits per heavy atom. The quantitative estimate of drug-likeness (QED) is 0.265. The van der Waals surface area contributed by atoms with Gasteiger partial charge in [0.05, 0.1) is 22.8 Å². The van der Waals surface area contributed by atoms with Gasteiger partial charge in [0.2, 0.25) is 0 Å². The molecule has 1 amide bonds. The molecule has 0 bridgehead atoms. The van der Waals surface area contributed by atoms with E-state index in [1.54, 1.807) is 19.2 Å². The standard InChI is InChI=1S/C26H28ClF2N5O3/c1-36-11-12-37-24-15-22-18(25(31-16-30-22)32-17-5-6-20(28)19(27)13-17)14-23(24)33-26(35)21(29)7-10-34-8-3-2-4-9-34/h5-7,13-16H,2-4,8-12H2,1H3,(H,33,35)(H,30,31,32)/b21-7-. The minimum Gasteiger partial charge on any atom is -0.489 e. The first-order valence-electron chi connectivity index (χ1n) is 12.0. The van der Waals surface area contributed by atoms with E-state index in [1.807, 2.05) is 0 Å². The number of aromatic nitrogens is 2. The number of rotatable bonds is 10. The molecule has 196 valence electrons. The van der Waals surface area contributed by atoms with Crippen LogP contribution in [0.15, 0.2) is 48.6 Å². The van der Waals surface area contributed by atoms with Crippen molar-refractivity contribution in [3.05, 3.63) is 59.4 Å². The third kappa shape index (κ3) is 7.12. The SMILES string of the molecule is COCCOc1cc2ncnc(Nc3ccc(F)c(Cl)c3)c2cc1NC(=O)/C(F)=C/CN1CCCCC1. The fourth-order valence-electron chi connectivity index (χ4n) is 3.97. The number of nitrogens with one attached hydrogen (secondary N) is 2. The molecule has 2 aromatic carbocycles. The molecule has 1 aliphatic rings. The van der Waals surface area contributed by atoms with Gasteiger partial charge in [0.25, 0.3) is 5.91 Å². The Hall–Kier alpha value is -3.34. The first-order chi connectivity index (χ1) is 17.9. The highest BCUT2D eigenvalue weighted by molar-refractivity contribution is 6.31. The summed E-state index contributed by atoms with van der Waals surface area (Å²) >= 11 is 5.90. The molecular weight excluding hydrogens is 504 g/mol. The second-order valence-electron chi connectivity index (χ2n) is 8.55. The van der Waals surface area contributed by atoms with E-state index in [-0.39, 0.29) is 17.3 Å². The summed E-state index contributed by atoms with van der Waals surface area (Å²) in [4.78, 5) is 23.4. The number of piperidine rings is 1. The van der Waals surface area contributed by atoms with Crippen LogP contribution in [0.25, 0.3) is 10.9 Å². The summed E-state index contributed by atoms with van der Waals surface area (Å²) in [5.74, 6) is -1.62. The van der Waals surface area contributed by atoms with E-state index in [0.717, 1.165) is 25.9 Å². The molecule has 1 aromatic heterocycles. The van der Waals surface area contributed by atoms with Gasteiger partial charge >= 0.3 is 0 Å². The van der Waals surface area contributed by atoms with Crippen LogP contribution in [0.3, 0.4) is 0 Å². The lowest BCUT2D eigenvalue weighted by molar-refractivity contribution is -0.114. The van der Waals surface area contributed by atoms with E-state index in [2.05, 4.69) is 25.5 Å². The zero-order valence-electron chi connectivity index (χ0n) is 20.4. The highest BCUT2D eigenvalue weighted by atomic mass is 35.5. The van der Waals surface area contributed by atoms with Gasteiger partial charge in [-0.2, -0.15) is 0 Å². The number of carbonyl (C=O) groups is 1. The van der Waals surface area contributed by atoms with Crippen LogP contribution in [0.2, 0.25) is 5.02 Å². The third-order valence-corrected chi connectivity index (χ3v) is 6.20. The highest BCUT2D eigenvalue weighted by Gasteiger charge is 2.17. The molecule has 2 N–H and O–H groups in total. The molecule has 4 rings (SSSR count). The summed E-state index contributed by atoms with van der Waals surface area (Å²) < 4.78 is 39.1. The number of benzene rings is 2. The Bertz CT molecular complexity index is 1280. The van der Waals surface area contributed by atoms with Crippen molar-refractivity contribution in [1.82, 2.24) is 14.9 Å². The van der Waals surface area contributed by atoms with Gasteiger partial charge in [-0.25, -0.2) is 18.7 Å². The molecule has 11 heteroatoms.